The van der Waals surface area contributed by atoms with Crippen molar-refractivity contribution in [3.63, 3.8) is 0 Å². The molecule has 0 radical (unpaired) electrons. The molecule has 1 aliphatic heterocycles. The number of aromatic nitrogens is 4. The van der Waals surface area contributed by atoms with Gasteiger partial charge in [0.15, 0.2) is 0 Å². The van der Waals surface area contributed by atoms with E-state index in [0.29, 0.717) is 17.3 Å². The summed E-state index contributed by atoms with van der Waals surface area (Å²) in [6.07, 6.45) is 4.72. The van der Waals surface area contributed by atoms with E-state index >= 15 is 0 Å². The first kappa shape index (κ1) is 16.5. The van der Waals surface area contributed by atoms with Gasteiger partial charge in [-0.15, -0.1) is 0 Å². The highest BCUT2D eigenvalue weighted by atomic mass is 79.9. The number of benzene rings is 1. The van der Waals surface area contributed by atoms with Crippen molar-refractivity contribution in [2.45, 2.75) is 6.04 Å². The van der Waals surface area contributed by atoms with Gasteiger partial charge in [0.2, 0.25) is 11.9 Å². The van der Waals surface area contributed by atoms with Gasteiger partial charge in [0.25, 0.3) is 0 Å². The third kappa shape index (κ3) is 2.99. The molecule has 0 aliphatic carbocycles. The number of nitrogens with zero attached hydrogens (tertiary/aromatic N) is 4. The van der Waals surface area contributed by atoms with Gasteiger partial charge in [0.1, 0.15) is 12.2 Å². The van der Waals surface area contributed by atoms with Crippen molar-refractivity contribution in [2.24, 2.45) is 5.92 Å². The lowest BCUT2D eigenvalue weighted by Gasteiger charge is -2.33. The molecule has 1 aromatic carbocycles. The zero-order valence-corrected chi connectivity index (χ0v) is 15.2. The number of hydrogen-bond acceptors (Lipinski definition) is 5. The van der Waals surface area contributed by atoms with Crippen LogP contribution in [0.2, 0.25) is 0 Å². The Kier molecular flexibility index (Phi) is 4.26. The summed E-state index contributed by atoms with van der Waals surface area (Å²) >= 11 is 3.44. The highest BCUT2D eigenvalue weighted by Gasteiger charge is 2.39. The predicted octanol–water partition coefficient (Wildman–Crippen LogP) is 3.22. The summed E-state index contributed by atoms with van der Waals surface area (Å²) in [7, 11) is 0. The molecule has 0 bridgehead atoms. The molecule has 2 atom stereocenters. The van der Waals surface area contributed by atoms with Crippen LogP contribution in [0.3, 0.4) is 0 Å². The van der Waals surface area contributed by atoms with Gasteiger partial charge >= 0.3 is 0 Å². The molecule has 130 valence electrons. The van der Waals surface area contributed by atoms with Crippen molar-refractivity contribution >= 4 is 33.5 Å². The Labute approximate surface area is 158 Å². The van der Waals surface area contributed by atoms with E-state index in [1.165, 1.54) is 6.33 Å². The SMILES string of the molecule is C=C1Nc2ncnn2C(c2ccc(Br)cc2)C1C(=O)Nc1cccnc1. The minimum absolute atomic E-state index is 0.190. The second-order valence-electron chi connectivity index (χ2n) is 5.88. The van der Waals surface area contributed by atoms with Crippen molar-refractivity contribution in [1.29, 1.82) is 0 Å². The summed E-state index contributed by atoms with van der Waals surface area (Å²) in [5, 5.41) is 10.3. The van der Waals surface area contributed by atoms with Gasteiger partial charge in [0, 0.05) is 16.4 Å². The van der Waals surface area contributed by atoms with Crippen molar-refractivity contribution in [1.82, 2.24) is 19.7 Å². The highest BCUT2D eigenvalue weighted by Crippen LogP contribution is 2.37. The van der Waals surface area contributed by atoms with E-state index in [-0.39, 0.29) is 11.9 Å². The number of fused-ring (bicyclic) bond motifs is 1. The number of anilines is 2. The fourth-order valence-corrected chi connectivity index (χ4v) is 3.31. The van der Waals surface area contributed by atoms with Gasteiger partial charge in [-0.25, -0.2) is 4.68 Å². The van der Waals surface area contributed by atoms with Gasteiger partial charge in [-0.2, -0.15) is 10.1 Å². The molecule has 0 saturated heterocycles. The monoisotopic (exact) mass is 410 g/mol. The summed E-state index contributed by atoms with van der Waals surface area (Å²) in [5.74, 6) is -0.191. The molecule has 2 aromatic heterocycles. The van der Waals surface area contributed by atoms with E-state index < -0.39 is 5.92 Å². The van der Waals surface area contributed by atoms with Gasteiger partial charge in [0.05, 0.1) is 17.9 Å². The van der Waals surface area contributed by atoms with Crippen LogP contribution in [0.5, 0.6) is 0 Å². The van der Waals surface area contributed by atoms with Crippen molar-refractivity contribution in [3.8, 4) is 0 Å². The topological polar surface area (TPSA) is 84.7 Å². The maximum atomic E-state index is 13.0. The Balaban J connectivity index is 1.74. The average Bonchev–Trinajstić information content (AvgIpc) is 3.10. The number of pyridine rings is 1. The maximum absolute atomic E-state index is 13.0. The largest absolute Gasteiger partial charge is 0.328 e. The van der Waals surface area contributed by atoms with E-state index in [1.807, 2.05) is 24.3 Å². The molecule has 1 amide bonds. The Bertz CT molecular complexity index is 953. The lowest BCUT2D eigenvalue weighted by molar-refractivity contribution is -0.119. The van der Waals surface area contributed by atoms with E-state index in [1.54, 1.807) is 29.2 Å². The van der Waals surface area contributed by atoms with Gasteiger partial charge in [-0.3, -0.25) is 9.78 Å². The standard InChI is InChI=1S/C18H15BrN6O/c1-11-15(17(26)24-14-3-2-8-20-9-14)16(12-4-6-13(19)7-5-12)25-18(23-11)21-10-22-25/h2-10,15-16H,1H2,(H,24,26)(H,21,22,23). The van der Waals surface area contributed by atoms with Crippen LogP contribution in [0.15, 0.2) is 71.9 Å². The van der Waals surface area contributed by atoms with Crippen molar-refractivity contribution < 1.29 is 4.79 Å². The van der Waals surface area contributed by atoms with Gasteiger partial charge < -0.3 is 10.6 Å². The van der Waals surface area contributed by atoms with E-state index in [9.17, 15) is 4.79 Å². The molecule has 26 heavy (non-hydrogen) atoms. The van der Waals surface area contributed by atoms with Crippen LogP contribution in [-0.2, 0) is 4.79 Å². The first-order valence-corrected chi connectivity index (χ1v) is 8.74. The zero-order chi connectivity index (χ0) is 18.1. The number of halogens is 1. The van der Waals surface area contributed by atoms with Crippen LogP contribution in [0.4, 0.5) is 11.6 Å². The van der Waals surface area contributed by atoms with Gasteiger partial charge in [-0.1, -0.05) is 34.6 Å². The molecular weight excluding hydrogens is 396 g/mol. The molecule has 2 unspecified atom stereocenters. The fraction of sp³-hybridized carbons (Fsp3) is 0.111. The average molecular weight is 411 g/mol. The summed E-state index contributed by atoms with van der Waals surface area (Å²) in [6.45, 7) is 4.05. The summed E-state index contributed by atoms with van der Waals surface area (Å²) in [6, 6.07) is 11.0. The normalized spacial score (nSPS) is 18.7. The Morgan fingerprint density at radius 3 is 2.81 bits per heavy atom. The second-order valence-corrected chi connectivity index (χ2v) is 6.80. The number of hydrogen-bond donors (Lipinski definition) is 2. The molecule has 3 aromatic rings. The van der Waals surface area contributed by atoms with E-state index in [0.717, 1.165) is 10.0 Å². The molecule has 2 N–H and O–H groups in total. The van der Waals surface area contributed by atoms with E-state index in [2.05, 4.69) is 48.2 Å². The molecule has 3 heterocycles. The Morgan fingerprint density at radius 1 is 1.27 bits per heavy atom. The number of carbonyl (C=O) groups excluding carboxylic acids is 1. The van der Waals surface area contributed by atoms with Crippen LogP contribution >= 0.6 is 15.9 Å². The first-order chi connectivity index (χ1) is 12.6. The van der Waals surface area contributed by atoms with Crippen molar-refractivity contribution in [2.75, 3.05) is 10.6 Å². The minimum Gasteiger partial charge on any atom is -0.328 e. The van der Waals surface area contributed by atoms with Crippen LogP contribution in [-0.4, -0.2) is 25.7 Å². The molecule has 1 aliphatic rings. The number of nitrogens with one attached hydrogen (secondary N) is 2. The number of rotatable bonds is 3. The third-order valence-corrected chi connectivity index (χ3v) is 4.75. The summed E-state index contributed by atoms with van der Waals surface area (Å²) < 4.78 is 2.68. The molecule has 0 saturated carbocycles. The van der Waals surface area contributed by atoms with Gasteiger partial charge in [-0.05, 0) is 29.8 Å². The molecule has 0 fully saturated rings. The summed E-state index contributed by atoms with van der Waals surface area (Å²) in [5.41, 5.74) is 2.14. The molecule has 0 spiro atoms. The van der Waals surface area contributed by atoms with Crippen LogP contribution in [0.25, 0.3) is 0 Å². The smallest absolute Gasteiger partial charge is 0.236 e. The molecule has 8 heteroatoms. The Morgan fingerprint density at radius 2 is 2.08 bits per heavy atom. The lowest BCUT2D eigenvalue weighted by atomic mass is 9.88. The second kappa shape index (κ2) is 6.72. The Hall–Kier alpha value is -3.00. The predicted molar refractivity (Wildman–Crippen MR) is 101 cm³/mol. The lowest BCUT2D eigenvalue weighted by Crippen LogP contribution is -2.39. The quantitative estimate of drug-likeness (QED) is 0.692. The van der Waals surface area contributed by atoms with E-state index in [4.69, 9.17) is 0 Å². The third-order valence-electron chi connectivity index (χ3n) is 4.22. The first-order valence-electron chi connectivity index (χ1n) is 7.95. The van der Waals surface area contributed by atoms with Crippen LogP contribution in [0, 0.1) is 5.92 Å². The number of carbonyl (C=O) groups is 1. The fourth-order valence-electron chi connectivity index (χ4n) is 3.05. The zero-order valence-electron chi connectivity index (χ0n) is 13.6. The van der Waals surface area contributed by atoms with Crippen molar-refractivity contribution in [3.05, 3.63) is 77.4 Å². The molecular formula is C18H15BrN6O. The highest BCUT2D eigenvalue weighted by molar-refractivity contribution is 9.10. The van der Waals surface area contributed by atoms with Crippen LogP contribution < -0.4 is 10.6 Å². The summed E-state index contributed by atoms with van der Waals surface area (Å²) in [4.78, 5) is 21.3. The molecule has 7 nitrogen and oxygen atoms in total. The number of amides is 1. The van der Waals surface area contributed by atoms with Crippen LogP contribution in [0.1, 0.15) is 11.6 Å². The minimum atomic E-state index is -0.564. The maximum Gasteiger partial charge on any atom is 0.236 e. The molecule has 4 rings (SSSR count).